The molecule has 1 heterocycles. The summed E-state index contributed by atoms with van der Waals surface area (Å²) in [5, 5.41) is 9.37. The van der Waals surface area contributed by atoms with Gasteiger partial charge in [0.1, 0.15) is 6.04 Å². The van der Waals surface area contributed by atoms with Crippen LogP contribution in [0.2, 0.25) is 0 Å². The van der Waals surface area contributed by atoms with E-state index in [2.05, 4.69) is 18.7 Å². The number of carboxylic acid groups (broad SMARTS) is 1. The normalized spacial score (nSPS) is 24.8. The molecule has 1 aliphatic heterocycles. The summed E-state index contributed by atoms with van der Waals surface area (Å²) in [6, 6.07) is -0.349. The first-order valence-corrected chi connectivity index (χ1v) is 6.53. The predicted molar refractivity (Wildman–Crippen MR) is 67.1 cm³/mol. The van der Waals surface area contributed by atoms with Crippen molar-refractivity contribution < 1.29 is 14.6 Å². The van der Waals surface area contributed by atoms with Crippen molar-refractivity contribution in [2.75, 3.05) is 26.3 Å². The summed E-state index contributed by atoms with van der Waals surface area (Å²) >= 11 is 0. The van der Waals surface area contributed by atoms with Gasteiger partial charge in [0.05, 0.1) is 0 Å². The Hall–Kier alpha value is -0.610. The molecule has 0 aromatic heterocycles. The molecule has 0 spiro atoms. The molecular formula is C13H25NO3. The molecule has 100 valence electrons. The van der Waals surface area contributed by atoms with E-state index in [0.29, 0.717) is 0 Å². The number of carboxylic acids is 1. The molecule has 1 unspecified atom stereocenters. The number of hydrogen-bond donors (Lipinski definition) is 1. The first-order chi connectivity index (χ1) is 7.99. The minimum Gasteiger partial charge on any atom is -0.480 e. The fraction of sp³-hybridized carbons (Fsp3) is 0.923. The molecule has 0 aliphatic carbocycles. The van der Waals surface area contributed by atoms with E-state index in [9.17, 15) is 9.90 Å². The highest BCUT2D eigenvalue weighted by Gasteiger charge is 2.41. The SMILES string of the molecule is CCOCCCN1CCCC(C)(C)C1C(=O)O. The van der Waals surface area contributed by atoms with Crippen LogP contribution in [-0.4, -0.2) is 48.3 Å². The van der Waals surface area contributed by atoms with E-state index in [-0.39, 0.29) is 11.5 Å². The smallest absolute Gasteiger partial charge is 0.321 e. The summed E-state index contributed by atoms with van der Waals surface area (Å²) in [4.78, 5) is 13.5. The van der Waals surface area contributed by atoms with Crippen molar-refractivity contribution in [3.8, 4) is 0 Å². The molecule has 0 radical (unpaired) electrons. The van der Waals surface area contributed by atoms with Crippen LogP contribution in [0.1, 0.15) is 40.0 Å². The lowest BCUT2D eigenvalue weighted by Crippen LogP contribution is -2.54. The van der Waals surface area contributed by atoms with Gasteiger partial charge in [-0.3, -0.25) is 9.69 Å². The predicted octanol–water partition coefficient (Wildman–Crippen LogP) is 1.99. The fourth-order valence-corrected chi connectivity index (χ4v) is 2.74. The molecule has 0 bridgehead atoms. The number of carbonyl (C=O) groups is 1. The van der Waals surface area contributed by atoms with E-state index in [1.54, 1.807) is 0 Å². The van der Waals surface area contributed by atoms with E-state index in [0.717, 1.165) is 45.6 Å². The van der Waals surface area contributed by atoms with Gasteiger partial charge in [-0.1, -0.05) is 13.8 Å². The fourth-order valence-electron chi connectivity index (χ4n) is 2.74. The van der Waals surface area contributed by atoms with Gasteiger partial charge in [0.15, 0.2) is 0 Å². The van der Waals surface area contributed by atoms with Crippen molar-refractivity contribution in [1.29, 1.82) is 0 Å². The van der Waals surface area contributed by atoms with Crippen LogP contribution in [0, 0.1) is 5.41 Å². The molecule has 4 nitrogen and oxygen atoms in total. The van der Waals surface area contributed by atoms with Crippen molar-refractivity contribution >= 4 is 5.97 Å². The summed E-state index contributed by atoms with van der Waals surface area (Å²) in [6.45, 7) is 9.26. The minimum absolute atomic E-state index is 0.129. The van der Waals surface area contributed by atoms with E-state index in [1.807, 2.05) is 6.92 Å². The van der Waals surface area contributed by atoms with Crippen LogP contribution in [0.15, 0.2) is 0 Å². The van der Waals surface area contributed by atoms with Crippen LogP contribution in [-0.2, 0) is 9.53 Å². The molecule has 1 fully saturated rings. The Kier molecular flexibility index (Phi) is 5.40. The maximum absolute atomic E-state index is 11.4. The Labute approximate surface area is 104 Å². The largest absolute Gasteiger partial charge is 0.480 e. The Morgan fingerprint density at radius 2 is 2.24 bits per heavy atom. The zero-order valence-corrected chi connectivity index (χ0v) is 11.2. The van der Waals surface area contributed by atoms with Crippen molar-refractivity contribution in [1.82, 2.24) is 4.90 Å². The summed E-state index contributed by atoms with van der Waals surface area (Å²) in [6.07, 6.45) is 2.99. The zero-order valence-electron chi connectivity index (χ0n) is 11.2. The molecule has 0 aromatic rings. The number of ether oxygens (including phenoxy) is 1. The number of rotatable bonds is 6. The lowest BCUT2D eigenvalue weighted by molar-refractivity contribution is -0.150. The average Bonchev–Trinajstić information content (AvgIpc) is 2.22. The van der Waals surface area contributed by atoms with Gasteiger partial charge >= 0.3 is 5.97 Å². The molecule has 1 aliphatic rings. The number of nitrogens with zero attached hydrogens (tertiary/aromatic N) is 1. The van der Waals surface area contributed by atoms with Crippen molar-refractivity contribution in [2.24, 2.45) is 5.41 Å². The Bertz CT molecular complexity index is 253. The van der Waals surface area contributed by atoms with E-state index in [4.69, 9.17) is 4.74 Å². The third-order valence-electron chi connectivity index (χ3n) is 3.54. The van der Waals surface area contributed by atoms with Crippen LogP contribution in [0.5, 0.6) is 0 Å². The number of aliphatic carboxylic acids is 1. The van der Waals surface area contributed by atoms with Gasteiger partial charge in [-0.25, -0.2) is 0 Å². The van der Waals surface area contributed by atoms with Crippen LogP contribution in [0.3, 0.4) is 0 Å². The van der Waals surface area contributed by atoms with Crippen molar-refractivity contribution in [3.63, 3.8) is 0 Å². The van der Waals surface area contributed by atoms with Gasteiger partial charge in [-0.2, -0.15) is 0 Å². The average molecular weight is 243 g/mol. The van der Waals surface area contributed by atoms with Gasteiger partial charge in [-0.15, -0.1) is 0 Å². The molecule has 0 aromatic carbocycles. The van der Waals surface area contributed by atoms with E-state index in [1.165, 1.54) is 0 Å². The molecule has 0 amide bonds. The van der Waals surface area contributed by atoms with E-state index < -0.39 is 5.97 Å². The van der Waals surface area contributed by atoms with Gasteiger partial charge in [0, 0.05) is 19.8 Å². The van der Waals surface area contributed by atoms with Crippen molar-refractivity contribution in [2.45, 2.75) is 46.1 Å². The van der Waals surface area contributed by atoms with Crippen LogP contribution in [0.4, 0.5) is 0 Å². The third-order valence-corrected chi connectivity index (χ3v) is 3.54. The molecule has 1 saturated heterocycles. The van der Waals surface area contributed by atoms with Gasteiger partial charge in [0.2, 0.25) is 0 Å². The maximum atomic E-state index is 11.4. The quantitative estimate of drug-likeness (QED) is 0.725. The van der Waals surface area contributed by atoms with Crippen LogP contribution in [0.25, 0.3) is 0 Å². The minimum atomic E-state index is -0.689. The molecule has 1 N–H and O–H groups in total. The van der Waals surface area contributed by atoms with Gasteiger partial charge in [0.25, 0.3) is 0 Å². The Morgan fingerprint density at radius 1 is 1.53 bits per heavy atom. The Morgan fingerprint density at radius 3 is 2.82 bits per heavy atom. The van der Waals surface area contributed by atoms with Crippen LogP contribution < -0.4 is 0 Å². The monoisotopic (exact) mass is 243 g/mol. The number of likely N-dealkylation sites (tertiary alicyclic amines) is 1. The summed E-state index contributed by atoms with van der Waals surface area (Å²) in [5.74, 6) is -0.689. The molecule has 1 atom stereocenters. The second-order valence-electron chi connectivity index (χ2n) is 5.42. The highest BCUT2D eigenvalue weighted by molar-refractivity contribution is 5.74. The molecule has 4 heteroatoms. The standard InChI is InChI=1S/C13H25NO3/c1-4-17-10-6-9-14-8-5-7-13(2,3)11(14)12(15)16/h11H,4-10H2,1-3H3,(H,15,16). The zero-order chi connectivity index (χ0) is 12.9. The highest BCUT2D eigenvalue weighted by Crippen LogP contribution is 2.35. The Balaban J connectivity index is 2.53. The van der Waals surface area contributed by atoms with Crippen LogP contribution >= 0.6 is 0 Å². The lowest BCUT2D eigenvalue weighted by Gasteiger charge is -2.44. The van der Waals surface area contributed by atoms with Gasteiger partial charge < -0.3 is 9.84 Å². The molecule has 1 rings (SSSR count). The highest BCUT2D eigenvalue weighted by atomic mass is 16.5. The molecule has 0 saturated carbocycles. The number of hydrogen-bond acceptors (Lipinski definition) is 3. The molecule has 17 heavy (non-hydrogen) atoms. The summed E-state index contributed by atoms with van der Waals surface area (Å²) in [7, 11) is 0. The maximum Gasteiger partial charge on any atom is 0.321 e. The van der Waals surface area contributed by atoms with E-state index >= 15 is 0 Å². The number of piperidine rings is 1. The first-order valence-electron chi connectivity index (χ1n) is 6.53. The van der Waals surface area contributed by atoms with Gasteiger partial charge in [-0.05, 0) is 38.1 Å². The molecular weight excluding hydrogens is 218 g/mol. The summed E-state index contributed by atoms with van der Waals surface area (Å²) in [5.41, 5.74) is -0.129. The van der Waals surface area contributed by atoms with Crippen molar-refractivity contribution in [3.05, 3.63) is 0 Å². The second kappa shape index (κ2) is 6.36. The summed E-state index contributed by atoms with van der Waals surface area (Å²) < 4.78 is 5.30. The second-order valence-corrected chi connectivity index (χ2v) is 5.42. The topological polar surface area (TPSA) is 49.8 Å². The third kappa shape index (κ3) is 3.96. The first kappa shape index (κ1) is 14.5. The lowest BCUT2D eigenvalue weighted by atomic mass is 9.76.